The zero-order valence-electron chi connectivity index (χ0n) is 11.2. The van der Waals surface area contributed by atoms with Crippen molar-refractivity contribution in [1.82, 2.24) is 5.32 Å². The largest absolute Gasteiger partial charge is 0.466 e. The predicted octanol–water partition coefficient (Wildman–Crippen LogP) is 2.72. The van der Waals surface area contributed by atoms with Gasteiger partial charge in [-0.15, -0.1) is 0 Å². The normalized spacial score (nSPS) is 10.1. The summed E-state index contributed by atoms with van der Waals surface area (Å²) < 4.78 is 4.80. The van der Waals surface area contributed by atoms with Crippen molar-refractivity contribution < 1.29 is 14.3 Å². The SMILES string of the molecule is CCOC(=O)CCCNC(=O)c1ccc(Cl)c(C)c1. The lowest BCUT2D eigenvalue weighted by Gasteiger charge is -2.06. The second-order valence-electron chi connectivity index (χ2n) is 4.13. The molecule has 1 rings (SSSR count). The molecule has 0 aliphatic heterocycles. The summed E-state index contributed by atoms with van der Waals surface area (Å²) in [5.41, 5.74) is 1.43. The number of ether oxygens (including phenoxy) is 1. The van der Waals surface area contributed by atoms with E-state index in [0.29, 0.717) is 36.6 Å². The molecule has 0 heterocycles. The Kier molecular flexibility index (Phi) is 6.36. The van der Waals surface area contributed by atoms with Crippen molar-refractivity contribution >= 4 is 23.5 Å². The van der Waals surface area contributed by atoms with Crippen LogP contribution in [0.2, 0.25) is 5.02 Å². The second kappa shape index (κ2) is 7.79. The number of hydrogen-bond donors (Lipinski definition) is 1. The minimum Gasteiger partial charge on any atom is -0.466 e. The number of benzene rings is 1. The first-order valence-electron chi connectivity index (χ1n) is 6.24. The minimum atomic E-state index is -0.237. The monoisotopic (exact) mass is 283 g/mol. The van der Waals surface area contributed by atoms with Crippen molar-refractivity contribution in [2.24, 2.45) is 0 Å². The summed E-state index contributed by atoms with van der Waals surface area (Å²) in [6, 6.07) is 5.11. The van der Waals surface area contributed by atoms with Crippen LogP contribution in [0.4, 0.5) is 0 Å². The van der Waals surface area contributed by atoms with Gasteiger partial charge in [0.15, 0.2) is 0 Å². The maximum atomic E-state index is 11.8. The smallest absolute Gasteiger partial charge is 0.305 e. The molecule has 0 unspecified atom stereocenters. The Balaban J connectivity index is 2.35. The Bertz CT molecular complexity index is 460. The van der Waals surface area contributed by atoms with Crippen molar-refractivity contribution in [3.8, 4) is 0 Å². The van der Waals surface area contributed by atoms with Crippen LogP contribution >= 0.6 is 11.6 Å². The van der Waals surface area contributed by atoms with Gasteiger partial charge in [-0.3, -0.25) is 9.59 Å². The second-order valence-corrected chi connectivity index (χ2v) is 4.54. The fraction of sp³-hybridized carbons (Fsp3) is 0.429. The highest BCUT2D eigenvalue weighted by Gasteiger charge is 2.07. The zero-order valence-corrected chi connectivity index (χ0v) is 11.9. The molecule has 0 saturated heterocycles. The molecule has 0 aliphatic carbocycles. The highest BCUT2D eigenvalue weighted by molar-refractivity contribution is 6.31. The van der Waals surface area contributed by atoms with Crippen LogP contribution in [-0.4, -0.2) is 25.0 Å². The minimum absolute atomic E-state index is 0.163. The first-order chi connectivity index (χ1) is 9.04. The molecular weight excluding hydrogens is 266 g/mol. The lowest BCUT2D eigenvalue weighted by Crippen LogP contribution is -2.25. The molecule has 1 amide bonds. The molecule has 1 aromatic rings. The Morgan fingerprint density at radius 2 is 2.11 bits per heavy atom. The summed E-state index contributed by atoms with van der Waals surface area (Å²) in [5, 5.41) is 3.39. The molecule has 0 spiro atoms. The van der Waals surface area contributed by atoms with Gasteiger partial charge in [-0.05, 0) is 44.0 Å². The van der Waals surface area contributed by atoms with E-state index in [2.05, 4.69) is 5.32 Å². The number of rotatable bonds is 6. The third-order valence-corrected chi connectivity index (χ3v) is 2.99. The predicted molar refractivity (Wildman–Crippen MR) is 74.4 cm³/mol. The van der Waals surface area contributed by atoms with Crippen LogP contribution < -0.4 is 5.32 Å². The summed E-state index contributed by atoms with van der Waals surface area (Å²) >= 11 is 5.89. The molecule has 0 fully saturated rings. The average molecular weight is 284 g/mol. The topological polar surface area (TPSA) is 55.4 Å². The molecule has 0 atom stereocenters. The fourth-order valence-corrected chi connectivity index (χ4v) is 1.67. The van der Waals surface area contributed by atoms with Gasteiger partial charge < -0.3 is 10.1 Å². The molecule has 4 nitrogen and oxygen atoms in total. The number of aryl methyl sites for hydroxylation is 1. The number of carbonyl (C=O) groups is 2. The summed E-state index contributed by atoms with van der Waals surface area (Å²) in [6.45, 7) is 4.44. The number of halogens is 1. The van der Waals surface area contributed by atoms with E-state index in [9.17, 15) is 9.59 Å². The lowest BCUT2D eigenvalue weighted by atomic mass is 10.1. The molecule has 0 saturated carbocycles. The maximum Gasteiger partial charge on any atom is 0.305 e. The molecule has 0 radical (unpaired) electrons. The quantitative estimate of drug-likeness (QED) is 0.645. The highest BCUT2D eigenvalue weighted by atomic mass is 35.5. The standard InChI is InChI=1S/C14H18ClNO3/c1-3-19-13(17)5-4-8-16-14(18)11-6-7-12(15)10(2)9-11/h6-7,9H,3-5,8H2,1-2H3,(H,16,18). The van der Waals surface area contributed by atoms with Gasteiger partial charge in [0.05, 0.1) is 6.61 Å². The van der Waals surface area contributed by atoms with E-state index in [0.717, 1.165) is 5.56 Å². The van der Waals surface area contributed by atoms with Crippen LogP contribution in [0.15, 0.2) is 18.2 Å². The van der Waals surface area contributed by atoms with Gasteiger partial charge in [-0.2, -0.15) is 0 Å². The van der Waals surface area contributed by atoms with Gasteiger partial charge in [0.25, 0.3) is 5.91 Å². The first kappa shape index (κ1) is 15.5. The number of amides is 1. The van der Waals surface area contributed by atoms with Crippen LogP contribution in [-0.2, 0) is 9.53 Å². The van der Waals surface area contributed by atoms with Crippen LogP contribution in [0.5, 0.6) is 0 Å². The first-order valence-corrected chi connectivity index (χ1v) is 6.62. The van der Waals surface area contributed by atoms with Gasteiger partial charge in [-0.1, -0.05) is 11.6 Å². The summed E-state index contributed by atoms with van der Waals surface area (Å²) in [4.78, 5) is 22.9. The van der Waals surface area contributed by atoms with Crippen molar-refractivity contribution in [2.75, 3.05) is 13.2 Å². The molecule has 0 bridgehead atoms. The van der Waals surface area contributed by atoms with Crippen molar-refractivity contribution in [1.29, 1.82) is 0 Å². The summed E-state index contributed by atoms with van der Waals surface area (Å²) in [6.07, 6.45) is 0.880. The number of esters is 1. The number of carbonyl (C=O) groups excluding carboxylic acids is 2. The molecule has 0 aromatic heterocycles. The summed E-state index contributed by atoms with van der Waals surface area (Å²) in [5.74, 6) is -0.400. The van der Waals surface area contributed by atoms with Gasteiger partial charge in [-0.25, -0.2) is 0 Å². The van der Waals surface area contributed by atoms with Crippen LogP contribution in [0.3, 0.4) is 0 Å². The van der Waals surface area contributed by atoms with Gasteiger partial charge in [0.2, 0.25) is 0 Å². The molecule has 1 N–H and O–H groups in total. The Hall–Kier alpha value is -1.55. The van der Waals surface area contributed by atoms with Crippen molar-refractivity contribution in [2.45, 2.75) is 26.7 Å². The van der Waals surface area contributed by atoms with E-state index in [1.807, 2.05) is 6.92 Å². The van der Waals surface area contributed by atoms with Crippen LogP contribution in [0.25, 0.3) is 0 Å². The van der Waals surface area contributed by atoms with E-state index < -0.39 is 0 Å². The molecule has 0 aliphatic rings. The molecular formula is C14H18ClNO3. The van der Waals surface area contributed by atoms with Crippen LogP contribution in [0, 0.1) is 6.92 Å². The fourth-order valence-electron chi connectivity index (χ4n) is 1.56. The van der Waals surface area contributed by atoms with E-state index >= 15 is 0 Å². The van der Waals surface area contributed by atoms with Gasteiger partial charge in [0, 0.05) is 23.6 Å². The Morgan fingerprint density at radius 1 is 1.37 bits per heavy atom. The van der Waals surface area contributed by atoms with E-state index in [1.54, 1.807) is 25.1 Å². The van der Waals surface area contributed by atoms with Crippen molar-refractivity contribution in [3.63, 3.8) is 0 Å². The average Bonchev–Trinajstić information content (AvgIpc) is 2.38. The maximum absolute atomic E-state index is 11.8. The molecule has 1 aromatic carbocycles. The number of hydrogen-bond acceptors (Lipinski definition) is 3. The van der Waals surface area contributed by atoms with E-state index in [-0.39, 0.29) is 11.9 Å². The van der Waals surface area contributed by atoms with Crippen LogP contribution in [0.1, 0.15) is 35.7 Å². The lowest BCUT2D eigenvalue weighted by molar-refractivity contribution is -0.143. The molecule has 104 valence electrons. The number of nitrogens with one attached hydrogen (secondary N) is 1. The van der Waals surface area contributed by atoms with Crippen molar-refractivity contribution in [3.05, 3.63) is 34.3 Å². The Morgan fingerprint density at radius 3 is 2.74 bits per heavy atom. The molecule has 19 heavy (non-hydrogen) atoms. The highest BCUT2D eigenvalue weighted by Crippen LogP contribution is 2.16. The Labute approximate surface area is 118 Å². The van der Waals surface area contributed by atoms with E-state index in [4.69, 9.17) is 16.3 Å². The third-order valence-electron chi connectivity index (χ3n) is 2.57. The molecule has 5 heteroatoms. The van der Waals surface area contributed by atoms with Gasteiger partial charge >= 0.3 is 5.97 Å². The third kappa shape index (κ3) is 5.30. The van der Waals surface area contributed by atoms with Gasteiger partial charge in [0.1, 0.15) is 0 Å². The zero-order chi connectivity index (χ0) is 14.3. The summed E-state index contributed by atoms with van der Waals surface area (Å²) in [7, 11) is 0. The van der Waals surface area contributed by atoms with E-state index in [1.165, 1.54) is 0 Å².